The highest BCUT2D eigenvalue weighted by Crippen LogP contribution is 2.38. The predicted octanol–water partition coefficient (Wildman–Crippen LogP) is 2.81. The summed E-state index contributed by atoms with van der Waals surface area (Å²) < 4.78 is 44.2. The smallest absolute Gasteiger partial charge is 0.256 e. The van der Waals surface area contributed by atoms with Gasteiger partial charge >= 0.3 is 0 Å². The second kappa shape index (κ2) is 9.51. The van der Waals surface area contributed by atoms with Gasteiger partial charge in [0.2, 0.25) is 10.0 Å². The molecule has 4 rings (SSSR count). The summed E-state index contributed by atoms with van der Waals surface area (Å²) in [6, 6.07) is 10.8. The van der Waals surface area contributed by atoms with Crippen LogP contribution in [0, 0.1) is 5.82 Å². The summed E-state index contributed by atoms with van der Waals surface area (Å²) in [4.78, 5) is 13.5. The number of nitrogens with zero attached hydrogens (tertiary/aromatic N) is 5. The van der Waals surface area contributed by atoms with Crippen LogP contribution in [0.15, 0.2) is 57.6 Å². The van der Waals surface area contributed by atoms with E-state index in [0.717, 1.165) is 0 Å². The van der Waals surface area contributed by atoms with Crippen molar-refractivity contribution in [2.24, 2.45) is 10.2 Å². The molecule has 0 radical (unpaired) electrons. The first-order valence-electron chi connectivity index (χ1n) is 10.1. The van der Waals surface area contributed by atoms with Crippen LogP contribution in [0.3, 0.4) is 0 Å². The lowest BCUT2D eigenvalue weighted by Gasteiger charge is -2.38. The van der Waals surface area contributed by atoms with Gasteiger partial charge in [0.25, 0.3) is 5.91 Å². The Morgan fingerprint density at radius 3 is 2.45 bits per heavy atom. The number of sulfonamides is 1. The largest absolute Gasteiger partial charge is 0.345 e. The van der Waals surface area contributed by atoms with Crippen LogP contribution in [-0.4, -0.2) is 78.7 Å². The van der Waals surface area contributed by atoms with Crippen molar-refractivity contribution in [1.29, 1.82) is 0 Å². The summed E-state index contributed by atoms with van der Waals surface area (Å²) in [6.07, 6.45) is 0. The molecule has 1 atom stereocenters. The molecule has 176 valence electrons. The van der Waals surface area contributed by atoms with Gasteiger partial charge in [-0.1, -0.05) is 29.8 Å². The van der Waals surface area contributed by atoms with Gasteiger partial charge in [0.05, 0.1) is 16.1 Å². The Morgan fingerprint density at radius 1 is 1.12 bits per heavy atom. The zero-order valence-electron chi connectivity index (χ0n) is 18.0. The molecule has 0 spiro atoms. The van der Waals surface area contributed by atoms with Crippen molar-refractivity contribution in [1.82, 2.24) is 13.5 Å². The summed E-state index contributed by atoms with van der Waals surface area (Å²) in [7, 11) is -0.569. The highest BCUT2D eigenvalue weighted by atomic mass is 35.5. The fourth-order valence-corrected chi connectivity index (χ4v) is 7.37. The molecule has 1 amide bonds. The number of halogens is 2. The van der Waals surface area contributed by atoms with Gasteiger partial charge in [0, 0.05) is 45.8 Å². The number of piperazine rings is 1. The molecule has 2 heterocycles. The molecule has 0 saturated carbocycles. The molecule has 0 aromatic heterocycles. The lowest BCUT2D eigenvalue weighted by Crippen LogP contribution is -2.47. The molecule has 2 aromatic carbocycles. The van der Waals surface area contributed by atoms with Crippen LogP contribution in [0.4, 0.5) is 4.39 Å². The molecule has 1 saturated heterocycles. The summed E-state index contributed by atoms with van der Waals surface area (Å²) in [5.74, 6) is -1.03. The van der Waals surface area contributed by atoms with Crippen molar-refractivity contribution in [2.45, 2.75) is 4.90 Å². The first kappa shape index (κ1) is 23.8. The van der Waals surface area contributed by atoms with E-state index in [0.29, 0.717) is 23.7 Å². The molecule has 0 bridgehead atoms. The normalized spacial score (nSPS) is 20.6. The van der Waals surface area contributed by atoms with Gasteiger partial charge in [0.15, 0.2) is 0 Å². The van der Waals surface area contributed by atoms with Crippen LogP contribution in [-0.2, 0) is 10.0 Å². The number of hydrogen-bond donors (Lipinski definition) is 1. The second-order valence-electron chi connectivity index (χ2n) is 7.68. The van der Waals surface area contributed by atoms with Crippen LogP contribution >= 0.6 is 22.7 Å². The quantitative estimate of drug-likeness (QED) is 0.625. The van der Waals surface area contributed by atoms with Crippen molar-refractivity contribution in [3.05, 3.63) is 64.4 Å². The topological polar surface area (TPSA) is 85.7 Å². The standard InChI is InChI=1S/C21H23ClFN5O3S2/c1-26(2)21(29)16-8-7-15(13-18(16)23)20-25-24-14-32(20)27-9-11-28(12-10-27)33(30,31)19-6-4-3-5-17(19)22/h3-8,13-14,32H,9-12H2,1-2H3. The molecule has 0 N–H and O–H groups in total. The molecule has 1 unspecified atom stereocenters. The first-order chi connectivity index (χ1) is 15.7. The van der Waals surface area contributed by atoms with Crippen LogP contribution in [0.1, 0.15) is 15.9 Å². The Morgan fingerprint density at radius 2 is 1.82 bits per heavy atom. The Bertz CT molecular complexity index is 1240. The van der Waals surface area contributed by atoms with Crippen LogP contribution in [0.2, 0.25) is 5.02 Å². The summed E-state index contributed by atoms with van der Waals surface area (Å²) >= 11 is 5.02. The molecule has 2 aliphatic heterocycles. The molecule has 2 aliphatic rings. The van der Waals surface area contributed by atoms with E-state index >= 15 is 0 Å². The number of benzene rings is 2. The SMILES string of the molecule is CN(C)C(=O)c1ccc(C2=NN=C[SH]2N2CCN(S(=O)(=O)c3ccccc3Cl)CC2)cc1F. The van der Waals surface area contributed by atoms with Crippen LogP contribution < -0.4 is 0 Å². The lowest BCUT2D eigenvalue weighted by molar-refractivity contribution is 0.0823. The van der Waals surface area contributed by atoms with Crippen molar-refractivity contribution in [2.75, 3.05) is 40.3 Å². The van der Waals surface area contributed by atoms with E-state index in [9.17, 15) is 17.6 Å². The summed E-state index contributed by atoms with van der Waals surface area (Å²) in [5.41, 5.74) is 2.27. The van der Waals surface area contributed by atoms with Gasteiger partial charge in [-0.3, -0.25) is 9.10 Å². The van der Waals surface area contributed by atoms with Gasteiger partial charge in [-0.25, -0.2) is 12.8 Å². The number of carbonyl (C=O) groups is 1. The minimum atomic E-state index is -3.70. The van der Waals surface area contributed by atoms with Crippen LogP contribution in [0.5, 0.6) is 0 Å². The van der Waals surface area contributed by atoms with Gasteiger partial charge in [-0.05, 0) is 24.3 Å². The van der Waals surface area contributed by atoms with E-state index in [1.165, 1.54) is 27.4 Å². The zero-order chi connectivity index (χ0) is 23.8. The number of rotatable bonds is 5. The Balaban J connectivity index is 1.48. The molecule has 0 aliphatic carbocycles. The highest BCUT2D eigenvalue weighted by molar-refractivity contribution is 8.39. The molecular formula is C21H23ClFN5O3S2. The number of hydrogen-bond acceptors (Lipinski definition) is 6. The summed E-state index contributed by atoms with van der Waals surface area (Å²) in [5, 5.41) is 9.06. The fraction of sp³-hybridized carbons (Fsp3) is 0.286. The minimum Gasteiger partial charge on any atom is -0.345 e. The van der Waals surface area contributed by atoms with Gasteiger partial charge in [-0.2, -0.15) is 9.41 Å². The van der Waals surface area contributed by atoms with E-state index < -0.39 is 32.8 Å². The molecule has 2 aromatic rings. The molecule has 12 heteroatoms. The van der Waals surface area contributed by atoms with E-state index in [4.69, 9.17) is 11.6 Å². The van der Waals surface area contributed by atoms with Crippen molar-refractivity contribution in [3.63, 3.8) is 0 Å². The van der Waals surface area contributed by atoms with E-state index in [-0.39, 0.29) is 28.6 Å². The minimum absolute atomic E-state index is 0.00835. The lowest BCUT2D eigenvalue weighted by atomic mass is 10.1. The fourth-order valence-electron chi connectivity index (χ4n) is 3.62. The van der Waals surface area contributed by atoms with Crippen molar-refractivity contribution in [3.8, 4) is 0 Å². The number of thiol groups is 1. The number of carbonyl (C=O) groups excluding carboxylic acids is 1. The maximum absolute atomic E-state index is 14.6. The number of amides is 1. The molecular weight excluding hydrogens is 489 g/mol. The zero-order valence-corrected chi connectivity index (χ0v) is 20.5. The predicted molar refractivity (Wildman–Crippen MR) is 130 cm³/mol. The monoisotopic (exact) mass is 511 g/mol. The molecule has 33 heavy (non-hydrogen) atoms. The first-order valence-corrected chi connectivity index (χ1v) is 13.3. The van der Waals surface area contributed by atoms with Gasteiger partial charge in [0.1, 0.15) is 15.8 Å². The van der Waals surface area contributed by atoms with E-state index in [1.54, 1.807) is 43.9 Å². The maximum Gasteiger partial charge on any atom is 0.256 e. The molecule has 1 fully saturated rings. The van der Waals surface area contributed by atoms with Gasteiger partial charge < -0.3 is 4.90 Å². The van der Waals surface area contributed by atoms with Crippen molar-refractivity contribution < 1.29 is 17.6 Å². The van der Waals surface area contributed by atoms with Gasteiger partial charge in [-0.15, -0.1) is 16.2 Å². The van der Waals surface area contributed by atoms with E-state index in [2.05, 4.69) is 14.5 Å². The third kappa shape index (κ3) is 4.69. The third-order valence-electron chi connectivity index (χ3n) is 5.37. The third-order valence-corrected chi connectivity index (χ3v) is 9.88. The highest BCUT2D eigenvalue weighted by Gasteiger charge is 2.33. The molecule has 8 nitrogen and oxygen atoms in total. The Labute approximate surface area is 199 Å². The summed E-state index contributed by atoms with van der Waals surface area (Å²) in [6.45, 7) is 1.52. The Hall–Kier alpha value is -2.31. The van der Waals surface area contributed by atoms with Crippen molar-refractivity contribution >= 4 is 49.2 Å². The average Bonchev–Trinajstić information content (AvgIpc) is 3.29. The average molecular weight is 512 g/mol. The Kier molecular flexibility index (Phi) is 6.87. The van der Waals surface area contributed by atoms with E-state index in [1.807, 2.05) is 0 Å². The second-order valence-corrected chi connectivity index (χ2v) is 11.9. The van der Waals surface area contributed by atoms with Crippen LogP contribution in [0.25, 0.3) is 0 Å². The maximum atomic E-state index is 14.6.